The summed E-state index contributed by atoms with van der Waals surface area (Å²) in [5, 5.41) is 8.91. The maximum atomic E-state index is 14.5. The van der Waals surface area contributed by atoms with Crippen LogP contribution in [0.25, 0.3) is 17.2 Å². The molecule has 8 heteroatoms. The lowest BCUT2D eigenvalue weighted by Crippen LogP contribution is -2.38. The minimum atomic E-state index is -0.640. The van der Waals surface area contributed by atoms with Crippen molar-refractivity contribution in [3.63, 3.8) is 0 Å². The van der Waals surface area contributed by atoms with Crippen LogP contribution in [0.15, 0.2) is 49.1 Å². The lowest BCUT2D eigenvalue weighted by Gasteiger charge is -2.37. The van der Waals surface area contributed by atoms with Crippen LogP contribution in [-0.2, 0) is 11.8 Å². The largest absolute Gasteiger partial charge is 0.274 e. The number of hydrogen-bond acceptors (Lipinski definition) is 5. The zero-order valence-corrected chi connectivity index (χ0v) is 19.3. The van der Waals surface area contributed by atoms with Crippen molar-refractivity contribution >= 4 is 0 Å². The molecule has 1 aromatic carbocycles. The predicted molar refractivity (Wildman–Crippen MR) is 122 cm³/mol. The molecule has 0 spiro atoms. The molecule has 6 nitrogen and oxygen atoms in total. The van der Waals surface area contributed by atoms with Crippen LogP contribution in [0.2, 0.25) is 0 Å². The zero-order chi connectivity index (χ0) is 23.7. The minimum Gasteiger partial charge on any atom is -0.274 e. The van der Waals surface area contributed by atoms with Crippen molar-refractivity contribution in [2.45, 2.75) is 51.4 Å². The van der Waals surface area contributed by atoms with E-state index in [-0.39, 0.29) is 22.6 Å². The van der Waals surface area contributed by atoms with Crippen LogP contribution in [0.4, 0.5) is 8.78 Å². The molecule has 2 bridgehead atoms. The normalized spacial score (nSPS) is 22.2. The number of rotatable bonds is 4. The third-order valence-electron chi connectivity index (χ3n) is 7.91. The summed E-state index contributed by atoms with van der Waals surface area (Å²) in [6.07, 6.45) is 8.09. The van der Waals surface area contributed by atoms with Crippen LogP contribution < -0.4 is 0 Å². The van der Waals surface area contributed by atoms with Gasteiger partial charge in [-0.15, -0.1) is 5.10 Å². The highest BCUT2D eigenvalue weighted by atomic mass is 19.1. The van der Waals surface area contributed by atoms with Crippen LogP contribution >= 0.6 is 0 Å². The third kappa shape index (κ3) is 2.68. The fourth-order valence-corrected chi connectivity index (χ4v) is 6.12. The summed E-state index contributed by atoms with van der Waals surface area (Å²) < 4.78 is 30.8. The summed E-state index contributed by atoms with van der Waals surface area (Å²) in [7, 11) is 0. The molecule has 34 heavy (non-hydrogen) atoms. The van der Waals surface area contributed by atoms with Crippen molar-refractivity contribution in [1.29, 1.82) is 0 Å². The molecule has 4 aromatic rings. The fourth-order valence-electron chi connectivity index (χ4n) is 6.12. The standard InChI is InChI=1S/C26H24F2N6/c1-4-15-13-34(14-30-15)24-29-11-9-21(31-24)26-10-8-17(25(26,2)3)16-12-20(32-33-23(16)26)22-18(27)6-5-7-19(22)28/h5-7,9,11-14,17H,4,8,10H2,1-3H3/t17-,26-/m0/s1. The van der Waals surface area contributed by atoms with Gasteiger partial charge >= 0.3 is 0 Å². The monoisotopic (exact) mass is 458 g/mol. The summed E-state index contributed by atoms with van der Waals surface area (Å²) >= 11 is 0. The van der Waals surface area contributed by atoms with E-state index in [1.165, 1.54) is 18.2 Å². The molecule has 6 rings (SSSR count). The highest BCUT2D eigenvalue weighted by Crippen LogP contribution is 2.69. The van der Waals surface area contributed by atoms with Crippen LogP contribution in [0, 0.1) is 17.0 Å². The summed E-state index contributed by atoms with van der Waals surface area (Å²) in [5.74, 6) is -0.535. The van der Waals surface area contributed by atoms with E-state index >= 15 is 0 Å². The van der Waals surface area contributed by atoms with Crippen molar-refractivity contribution < 1.29 is 8.78 Å². The molecule has 0 aliphatic heterocycles. The molecule has 0 amide bonds. The first-order valence-corrected chi connectivity index (χ1v) is 11.6. The Labute approximate surface area is 196 Å². The van der Waals surface area contributed by atoms with Gasteiger partial charge in [-0.3, -0.25) is 4.57 Å². The molecule has 3 aromatic heterocycles. The Morgan fingerprint density at radius 2 is 1.88 bits per heavy atom. The van der Waals surface area contributed by atoms with E-state index < -0.39 is 17.0 Å². The maximum absolute atomic E-state index is 14.5. The summed E-state index contributed by atoms with van der Waals surface area (Å²) in [4.78, 5) is 13.8. The second-order valence-corrected chi connectivity index (χ2v) is 9.72. The Kier molecular flexibility index (Phi) is 4.46. The molecule has 0 unspecified atom stereocenters. The molecule has 0 saturated heterocycles. The van der Waals surface area contributed by atoms with E-state index in [2.05, 4.69) is 40.9 Å². The summed E-state index contributed by atoms with van der Waals surface area (Å²) in [6.45, 7) is 6.51. The van der Waals surface area contributed by atoms with Gasteiger partial charge in [0.15, 0.2) is 0 Å². The second kappa shape index (κ2) is 7.22. The molecule has 0 N–H and O–H groups in total. The van der Waals surface area contributed by atoms with E-state index in [1.807, 2.05) is 22.9 Å². The van der Waals surface area contributed by atoms with Crippen molar-refractivity contribution in [2.24, 2.45) is 5.41 Å². The van der Waals surface area contributed by atoms with Gasteiger partial charge in [0, 0.05) is 12.4 Å². The highest BCUT2D eigenvalue weighted by Gasteiger charge is 2.65. The third-order valence-corrected chi connectivity index (χ3v) is 7.91. The minimum absolute atomic E-state index is 0.136. The molecular weight excluding hydrogens is 434 g/mol. The topological polar surface area (TPSA) is 69.4 Å². The smallest absolute Gasteiger partial charge is 0.235 e. The number of imidazole rings is 1. The first-order chi connectivity index (χ1) is 16.4. The Morgan fingerprint density at radius 3 is 2.62 bits per heavy atom. The fraction of sp³-hybridized carbons (Fsp3) is 0.346. The Balaban J connectivity index is 1.51. The lowest BCUT2D eigenvalue weighted by molar-refractivity contribution is 0.242. The Bertz CT molecular complexity index is 1410. The van der Waals surface area contributed by atoms with Gasteiger partial charge in [0.1, 0.15) is 18.0 Å². The number of aryl methyl sites for hydroxylation is 1. The highest BCUT2D eigenvalue weighted by molar-refractivity contribution is 5.64. The Morgan fingerprint density at radius 1 is 1.09 bits per heavy atom. The Hall–Kier alpha value is -3.55. The van der Waals surface area contributed by atoms with Crippen molar-refractivity contribution in [3.8, 4) is 17.2 Å². The number of nitrogens with zero attached hydrogens (tertiary/aromatic N) is 6. The number of aromatic nitrogens is 6. The van der Waals surface area contributed by atoms with Gasteiger partial charge in [-0.2, -0.15) is 5.10 Å². The molecule has 2 aliphatic carbocycles. The van der Waals surface area contributed by atoms with Gasteiger partial charge in [-0.25, -0.2) is 23.7 Å². The SMILES string of the molecule is CCc1cn(-c2nccc([C@@]34CC[C@@H](c5cc(-c6c(F)cccc6F)nnc53)C4(C)C)n2)cn1. The van der Waals surface area contributed by atoms with Gasteiger partial charge in [-0.1, -0.05) is 26.8 Å². The average molecular weight is 459 g/mol. The molecule has 0 radical (unpaired) electrons. The van der Waals surface area contributed by atoms with Gasteiger partial charge in [0.25, 0.3) is 0 Å². The molecule has 3 heterocycles. The van der Waals surface area contributed by atoms with Gasteiger partial charge in [0.2, 0.25) is 5.95 Å². The number of halogens is 2. The quantitative estimate of drug-likeness (QED) is 0.422. The van der Waals surface area contributed by atoms with Crippen LogP contribution in [0.1, 0.15) is 62.2 Å². The van der Waals surface area contributed by atoms with Gasteiger partial charge in [0.05, 0.1) is 33.8 Å². The summed E-state index contributed by atoms with van der Waals surface area (Å²) in [6, 6.07) is 7.61. The van der Waals surface area contributed by atoms with E-state index in [9.17, 15) is 8.78 Å². The molecule has 172 valence electrons. The molecule has 2 aliphatic rings. The second-order valence-electron chi connectivity index (χ2n) is 9.72. The van der Waals surface area contributed by atoms with E-state index in [1.54, 1.807) is 12.5 Å². The van der Waals surface area contributed by atoms with Gasteiger partial charge in [-0.05, 0) is 60.4 Å². The first-order valence-electron chi connectivity index (χ1n) is 11.6. The predicted octanol–water partition coefficient (Wildman–Crippen LogP) is 5.16. The molecule has 2 atom stereocenters. The van der Waals surface area contributed by atoms with Crippen molar-refractivity contribution in [1.82, 2.24) is 29.7 Å². The number of hydrogen-bond donors (Lipinski definition) is 0. The van der Waals surface area contributed by atoms with Gasteiger partial charge < -0.3 is 0 Å². The summed E-state index contributed by atoms with van der Waals surface area (Å²) in [5.41, 5.74) is 3.13. The molecular formula is C26H24F2N6. The molecule has 1 fully saturated rings. The van der Waals surface area contributed by atoms with Crippen molar-refractivity contribution in [3.05, 3.63) is 83.3 Å². The van der Waals surface area contributed by atoms with E-state index in [0.717, 1.165) is 41.9 Å². The number of benzene rings is 1. The first kappa shape index (κ1) is 21.0. The van der Waals surface area contributed by atoms with Crippen LogP contribution in [0.3, 0.4) is 0 Å². The number of fused-ring (bicyclic) bond motifs is 5. The zero-order valence-electron chi connectivity index (χ0n) is 19.3. The van der Waals surface area contributed by atoms with Crippen LogP contribution in [0.5, 0.6) is 0 Å². The molecule has 1 saturated carbocycles. The van der Waals surface area contributed by atoms with Crippen LogP contribution in [-0.4, -0.2) is 29.7 Å². The van der Waals surface area contributed by atoms with E-state index in [0.29, 0.717) is 5.95 Å². The lowest BCUT2D eigenvalue weighted by atomic mass is 9.66. The van der Waals surface area contributed by atoms with E-state index in [4.69, 9.17) is 4.98 Å². The average Bonchev–Trinajstić information content (AvgIpc) is 3.47. The maximum Gasteiger partial charge on any atom is 0.235 e. The van der Waals surface area contributed by atoms with Crippen molar-refractivity contribution in [2.75, 3.05) is 0 Å².